The lowest BCUT2D eigenvalue weighted by molar-refractivity contribution is -0.116. The maximum Gasteiger partial charge on any atom is 0.280 e. The fraction of sp³-hybridized carbons (Fsp3) is 0.381. The second-order valence-electron chi connectivity index (χ2n) is 8.20. The number of fused-ring (bicyclic) bond motifs is 2. The minimum absolute atomic E-state index is 0.0269. The molecular formula is C21H21FN6O3. The van der Waals surface area contributed by atoms with Crippen molar-refractivity contribution in [3.8, 4) is 0 Å². The Bertz CT molecular complexity index is 1270. The van der Waals surface area contributed by atoms with Crippen LogP contribution < -0.4 is 10.9 Å². The van der Waals surface area contributed by atoms with Gasteiger partial charge in [0.25, 0.3) is 11.5 Å². The number of nitrogens with one attached hydrogen (secondary N) is 1. The summed E-state index contributed by atoms with van der Waals surface area (Å²) in [5, 5.41) is 6.86. The largest absolute Gasteiger partial charge is 0.330 e. The number of pyridine rings is 1. The van der Waals surface area contributed by atoms with Crippen LogP contribution in [0.4, 0.5) is 10.2 Å². The van der Waals surface area contributed by atoms with E-state index in [9.17, 15) is 18.8 Å². The molecule has 0 unspecified atom stereocenters. The molecule has 1 saturated carbocycles. The first-order valence-corrected chi connectivity index (χ1v) is 10.2. The van der Waals surface area contributed by atoms with E-state index in [1.807, 2.05) is 6.92 Å². The van der Waals surface area contributed by atoms with E-state index in [1.165, 1.54) is 21.2 Å². The Labute approximate surface area is 176 Å². The third-order valence-corrected chi connectivity index (χ3v) is 5.98. The lowest BCUT2D eigenvalue weighted by Gasteiger charge is -2.23. The predicted octanol–water partition coefficient (Wildman–Crippen LogP) is 1.73. The van der Waals surface area contributed by atoms with Crippen molar-refractivity contribution in [1.82, 2.24) is 24.1 Å². The molecule has 1 fully saturated rings. The molecule has 2 amide bonds. The molecule has 1 aliphatic carbocycles. The Kier molecular flexibility index (Phi) is 4.38. The monoisotopic (exact) mass is 424 g/mol. The summed E-state index contributed by atoms with van der Waals surface area (Å²) in [4.78, 5) is 44.7. The highest BCUT2D eigenvalue weighted by atomic mass is 19.1. The standard InChI is InChI=1S/C21H21FN6O3/c1-11-7-18-27(10-17(29)24-16-6-5-14(22)8-23-16)19-15(20(30)28(18)25-11)9-26(21(19)31)12(2)13-3-4-13/h5-8,12-13H,3-4,9-10H2,1-2H3,(H,23,24,29)/t12-/m1/s1. The van der Waals surface area contributed by atoms with Crippen LogP contribution in [0.25, 0.3) is 5.65 Å². The number of rotatable bonds is 5. The average Bonchev–Trinajstić information content (AvgIpc) is 3.42. The van der Waals surface area contributed by atoms with E-state index in [4.69, 9.17) is 0 Å². The van der Waals surface area contributed by atoms with Gasteiger partial charge in [0, 0.05) is 12.1 Å². The number of carbonyl (C=O) groups excluding carboxylic acids is 2. The van der Waals surface area contributed by atoms with Crippen LogP contribution in [0, 0.1) is 18.7 Å². The highest BCUT2D eigenvalue weighted by Gasteiger charge is 2.41. The maximum atomic E-state index is 13.3. The third-order valence-electron chi connectivity index (χ3n) is 5.98. The van der Waals surface area contributed by atoms with Crippen LogP contribution in [0.5, 0.6) is 0 Å². The van der Waals surface area contributed by atoms with Crippen molar-refractivity contribution < 1.29 is 14.0 Å². The molecule has 1 aliphatic heterocycles. The Morgan fingerprint density at radius 1 is 1.32 bits per heavy atom. The van der Waals surface area contributed by atoms with Crippen molar-refractivity contribution in [1.29, 1.82) is 0 Å². The van der Waals surface area contributed by atoms with Crippen LogP contribution in [0.2, 0.25) is 0 Å². The zero-order valence-corrected chi connectivity index (χ0v) is 17.1. The number of amides is 2. The number of carbonyl (C=O) groups is 2. The van der Waals surface area contributed by atoms with Crippen LogP contribution in [0.15, 0.2) is 29.2 Å². The van der Waals surface area contributed by atoms with E-state index in [1.54, 1.807) is 17.9 Å². The second-order valence-corrected chi connectivity index (χ2v) is 8.20. The van der Waals surface area contributed by atoms with Gasteiger partial charge in [0.05, 0.1) is 24.0 Å². The highest BCUT2D eigenvalue weighted by Crippen LogP contribution is 2.38. The van der Waals surface area contributed by atoms with Gasteiger partial charge in [0.15, 0.2) is 0 Å². The molecular weight excluding hydrogens is 403 g/mol. The normalized spacial score (nSPS) is 16.6. The SMILES string of the molecule is Cc1cc2n(CC(=O)Nc3ccc(F)cn3)c3c(c(=O)n2n1)CN([C@H](C)C1CC1)C3=O. The molecule has 9 nitrogen and oxygen atoms in total. The lowest BCUT2D eigenvalue weighted by Crippen LogP contribution is -2.35. The van der Waals surface area contributed by atoms with Gasteiger partial charge in [0.1, 0.15) is 29.5 Å². The van der Waals surface area contributed by atoms with Crippen LogP contribution in [-0.4, -0.2) is 41.9 Å². The molecule has 5 rings (SSSR count). The van der Waals surface area contributed by atoms with Gasteiger partial charge in [-0.1, -0.05) is 0 Å². The van der Waals surface area contributed by atoms with Crippen molar-refractivity contribution in [3.05, 3.63) is 57.5 Å². The molecule has 3 aromatic rings. The van der Waals surface area contributed by atoms with Crippen molar-refractivity contribution in [2.24, 2.45) is 5.92 Å². The number of hydrogen-bond donors (Lipinski definition) is 1. The maximum absolute atomic E-state index is 13.3. The zero-order chi connectivity index (χ0) is 21.9. The van der Waals surface area contributed by atoms with Gasteiger partial charge in [-0.15, -0.1) is 0 Å². The van der Waals surface area contributed by atoms with Crippen LogP contribution in [0.3, 0.4) is 0 Å². The van der Waals surface area contributed by atoms with Crippen molar-refractivity contribution in [2.75, 3.05) is 5.32 Å². The summed E-state index contributed by atoms with van der Waals surface area (Å²) in [7, 11) is 0. The average molecular weight is 424 g/mol. The molecule has 1 atom stereocenters. The quantitative estimate of drug-likeness (QED) is 0.672. The molecule has 31 heavy (non-hydrogen) atoms. The summed E-state index contributed by atoms with van der Waals surface area (Å²) < 4.78 is 15.9. The van der Waals surface area contributed by atoms with Gasteiger partial charge < -0.3 is 14.8 Å². The number of anilines is 1. The second kappa shape index (κ2) is 7.00. The number of aromatic nitrogens is 4. The summed E-state index contributed by atoms with van der Waals surface area (Å²) in [5.74, 6) is -0.572. The number of nitrogens with zero attached hydrogens (tertiary/aromatic N) is 5. The van der Waals surface area contributed by atoms with E-state index in [0.717, 1.165) is 19.0 Å². The first-order valence-electron chi connectivity index (χ1n) is 10.2. The van der Waals surface area contributed by atoms with Crippen LogP contribution >= 0.6 is 0 Å². The Balaban J connectivity index is 1.55. The Morgan fingerprint density at radius 3 is 2.77 bits per heavy atom. The first kappa shape index (κ1) is 19.4. The van der Waals surface area contributed by atoms with E-state index < -0.39 is 11.7 Å². The van der Waals surface area contributed by atoms with Crippen LogP contribution in [-0.2, 0) is 17.9 Å². The summed E-state index contributed by atoms with van der Waals surface area (Å²) >= 11 is 0. The molecule has 1 N–H and O–H groups in total. The van der Waals surface area contributed by atoms with Gasteiger partial charge in [-0.25, -0.2) is 9.37 Å². The minimum Gasteiger partial charge on any atom is -0.330 e. The van der Waals surface area contributed by atoms with Gasteiger partial charge in [-0.3, -0.25) is 14.4 Å². The number of aryl methyl sites for hydroxylation is 1. The lowest BCUT2D eigenvalue weighted by atomic mass is 10.2. The first-order chi connectivity index (χ1) is 14.8. The van der Waals surface area contributed by atoms with Crippen LogP contribution in [0.1, 0.15) is 41.5 Å². The number of hydrogen-bond acceptors (Lipinski definition) is 5. The number of halogens is 1. The predicted molar refractivity (Wildman–Crippen MR) is 109 cm³/mol. The van der Waals surface area contributed by atoms with E-state index in [2.05, 4.69) is 15.4 Å². The van der Waals surface area contributed by atoms with E-state index >= 15 is 0 Å². The summed E-state index contributed by atoms with van der Waals surface area (Å²) in [6, 6.07) is 4.25. The summed E-state index contributed by atoms with van der Waals surface area (Å²) in [6.07, 6.45) is 3.15. The molecule has 2 aliphatic rings. The molecule has 0 saturated heterocycles. The van der Waals surface area contributed by atoms with Gasteiger partial charge in [-0.05, 0) is 44.7 Å². The molecule has 0 bridgehead atoms. The van der Waals surface area contributed by atoms with Crippen molar-refractivity contribution >= 4 is 23.3 Å². The summed E-state index contributed by atoms with van der Waals surface area (Å²) in [6.45, 7) is 3.74. The van der Waals surface area contributed by atoms with E-state index in [0.29, 0.717) is 22.8 Å². The molecule has 4 heterocycles. The van der Waals surface area contributed by atoms with Gasteiger partial charge >= 0.3 is 0 Å². The van der Waals surface area contributed by atoms with Gasteiger partial charge in [-0.2, -0.15) is 9.61 Å². The van der Waals surface area contributed by atoms with Gasteiger partial charge in [0.2, 0.25) is 5.91 Å². The minimum atomic E-state index is -0.511. The fourth-order valence-corrected chi connectivity index (χ4v) is 4.20. The van der Waals surface area contributed by atoms with E-state index in [-0.39, 0.29) is 42.1 Å². The third kappa shape index (κ3) is 3.28. The van der Waals surface area contributed by atoms with Crippen molar-refractivity contribution in [2.45, 2.75) is 45.8 Å². The Morgan fingerprint density at radius 2 is 2.10 bits per heavy atom. The molecule has 10 heteroatoms. The zero-order valence-electron chi connectivity index (χ0n) is 17.1. The highest BCUT2D eigenvalue weighted by molar-refractivity contribution is 5.98. The fourth-order valence-electron chi connectivity index (χ4n) is 4.20. The molecule has 3 aromatic heterocycles. The Hall–Kier alpha value is -3.56. The molecule has 0 radical (unpaired) electrons. The summed E-state index contributed by atoms with van der Waals surface area (Å²) in [5.41, 5.74) is 1.21. The molecule has 0 aromatic carbocycles. The smallest absolute Gasteiger partial charge is 0.280 e. The van der Waals surface area contributed by atoms with Crippen molar-refractivity contribution in [3.63, 3.8) is 0 Å². The topological polar surface area (TPSA) is 102 Å². The molecule has 0 spiro atoms. The molecule has 160 valence electrons.